The fraction of sp³-hybridized carbons (Fsp3) is 0.316. The minimum Gasteiger partial charge on any atom is -0.377 e. The van der Waals surface area contributed by atoms with E-state index >= 15 is 0 Å². The molecule has 2 rings (SSSR count). The number of rotatable bonds is 7. The maximum Gasteiger partial charge on any atom is 0.273 e. The Labute approximate surface area is 147 Å². The van der Waals surface area contributed by atoms with Crippen molar-refractivity contribution in [2.24, 2.45) is 0 Å². The number of likely N-dealkylation sites (N-methyl/N-ethyl adjacent to an activating group) is 1. The summed E-state index contributed by atoms with van der Waals surface area (Å²) in [5, 5.41) is 11.1. The molecular weight excluding hydrogens is 318 g/mol. The summed E-state index contributed by atoms with van der Waals surface area (Å²) in [5.41, 5.74) is 2.72. The van der Waals surface area contributed by atoms with Gasteiger partial charge in [-0.25, -0.2) is 0 Å². The number of hydrogen-bond acceptors (Lipinski definition) is 4. The molecule has 0 aliphatic carbocycles. The molecule has 2 aromatic rings. The second-order valence-corrected chi connectivity index (χ2v) is 6.15. The number of anilines is 1. The van der Waals surface area contributed by atoms with Gasteiger partial charge < -0.3 is 9.80 Å². The predicted molar refractivity (Wildman–Crippen MR) is 98.9 cm³/mol. The van der Waals surface area contributed by atoms with E-state index in [0.717, 1.165) is 17.7 Å². The molecule has 6 nitrogen and oxygen atoms in total. The molecule has 2 aromatic carbocycles. The fourth-order valence-corrected chi connectivity index (χ4v) is 2.71. The first-order valence-electron chi connectivity index (χ1n) is 8.11. The summed E-state index contributed by atoms with van der Waals surface area (Å²) in [6, 6.07) is 14.4. The SMILES string of the molecule is CN(CCc1ccccc1N(C)C)C(=O)Cc1ccccc1[N+](=O)[O-]. The van der Waals surface area contributed by atoms with E-state index in [2.05, 4.69) is 6.07 Å². The fourth-order valence-electron chi connectivity index (χ4n) is 2.71. The lowest BCUT2D eigenvalue weighted by Gasteiger charge is -2.21. The molecule has 0 radical (unpaired) electrons. The van der Waals surface area contributed by atoms with Gasteiger partial charge in [-0.2, -0.15) is 0 Å². The van der Waals surface area contributed by atoms with E-state index in [1.807, 2.05) is 37.2 Å². The number of nitro benzene ring substituents is 1. The zero-order valence-electron chi connectivity index (χ0n) is 14.8. The Morgan fingerprint density at radius 3 is 2.24 bits per heavy atom. The molecule has 0 bridgehead atoms. The van der Waals surface area contributed by atoms with Crippen molar-refractivity contribution in [3.63, 3.8) is 0 Å². The second-order valence-electron chi connectivity index (χ2n) is 6.15. The van der Waals surface area contributed by atoms with Gasteiger partial charge in [0.15, 0.2) is 0 Å². The van der Waals surface area contributed by atoms with Gasteiger partial charge in [0.05, 0.1) is 11.3 Å². The van der Waals surface area contributed by atoms with Crippen molar-refractivity contribution in [3.8, 4) is 0 Å². The van der Waals surface area contributed by atoms with E-state index < -0.39 is 4.92 Å². The number of nitrogens with zero attached hydrogens (tertiary/aromatic N) is 3. The molecule has 0 aliphatic rings. The van der Waals surface area contributed by atoms with Gasteiger partial charge in [0.1, 0.15) is 0 Å². The van der Waals surface area contributed by atoms with Gasteiger partial charge in [-0.3, -0.25) is 14.9 Å². The maximum atomic E-state index is 12.4. The molecule has 0 unspecified atom stereocenters. The largest absolute Gasteiger partial charge is 0.377 e. The minimum atomic E-state index is -0.448. The highest BCUT2D eigenvalue weighted by Crippen LogP contribution is 2.20. The van der Waals surface area contributed by atoms with Crippen molar-refractivity contribution in [3.05, 3.63) is 69.8 Å². The van der Waals surface area contributed by atoms with Crippen LogP contribution in [0.2, 0.25) is 0 Å². The van der Waals surface area contributed by atoms with E-state index in [-0.39, 0.29) is 18.0 Å². The average Bonchev–Trinajstić information content (AvgIpc) is 2.60. The van der Waals surface area contributed by atoms with Crippen molar-refractivity contribution in [2.45, 2.75) is 12.8 Å². The summed E-state index contributed by atoms with van der Waals surface area (Å²) >= 11 is 0. The zero-order valence-corrected chi connectivity index (χ0v) is 14.8. The van der Waals surface area contributed by atoms with Crippen LogP contribution in [0.5, 0.6) is 0 Å². The van der Waals surface area contributed by atoms with Crippen LogP contribution >= 0.6 is 0 Å². The molecule has 132 valence electrons. The number of para-hydroxylation sites is 2. The lowest BCUT2D eigenvalue weighted by Crippen LogP contribution is -2.30. The molecule has 1 amide bonds. The molecule has 0 heterocycles. The quantitative estimate of drug-likeness (QED) is 0.574. The first-order valence-corrected chi connectivity index (χ1v) is 8.11. The Morgan fingerprint density at radius 2 is 1.60 bits per heavy atom. The molecule has 0 fully saturated rings. The smallest absolute Gasteiger partial charge is 0.273 e. The predicted octanol–water partition coefficient (Wildman–Crippen LogP) is 2.90. The number of nitro groups is 1. The van der Waals surface area contributed by atoms with Crippen LogP contribution in [-0.4, -0.2) is 43.4 Å². The lowest BCUT2D eigenvalue weighted by molar-refractivity contribution is -0.385. The third-order valence-corrected chi connectivity index (χ3v) is 4.15. The number of amides is 1. The standard InChI is InChI=1S/C19H23N3O3/c1-20(2)17-10-6-4-8-15(17)12-13-21(3)19(23)14-16-9-5-7-11-18(16)22(24)25/h4-11H,12-14H2,1-3H3. The van der Waals surface area contributed by atoms with Crippen molar-refractivity contribution in [1.82, 2.24) is 4.90 Å². The number of benzene rings is 2. The molecule has 0 atom stereocenters. The number of carbonyl (C=O) groups is 1. The molecule has 25 heavy (non-hydrogen) atoms. The van der Waals surface area contributed by atoms with Crippen molar-refractivity contribution < 1.29 is 9.72 Å². The van der Waals surface area contributed by atoms with E-state index in [1.54, 1.807) is 30.1 Å². The van der Waals surface area contributed by atoms with Crippen LogP contribution in [0.1, 0.15) is 11.1 Å². The molecule has 0 N–H and O–H groups in total. The summed E-state index contributed by atoms with van der Waals surface area (Å²) < 4.78 is 0. The Bertz CT molecular complexity index is 759. The van der Waals surface area contributed by atoms with Crippen LogP contribution in [0.15, 0.2) is 48.5 Å². The Hall–Kier alpha value is -2.89. The van der Waals surface area contributed by atoms with Gasteiger partial charge in [-0.1, -0.05) is 36.4 Å². The monoisotopic (exact) mass is 341 g/mol. The molecule has 0 aliphatic heterocycles. The first-order chi connectivity index (χ1) is 11.9. The van der Waals surface area contributed by atoms with Gasteiger partial charge in [0.25, 0.3) is 5.69 Å². The van der Waals surface area contributed by atoms with Gasteiger partial charge in [-0.15, -0.1) is 0 Å². The Balaban J connectivity index is 2.01. The number of hydrogen-bond donors (Lipinski definition) is 0. The topological polar surface area (TPSA) is 66.7 Å². The van der Waals surface area contributed by atoms with Gasteiger partial charge >= 0.3 is 0 Å². The summed E-state index contributed by atoms with van der Waals surface area (Å²) in [7, 11) is 5.71. The Kier molecular flexibility index (Phi) is 6.11. The molecular formula is C19H23N3O3. The van der Waals surface area contributed by atoms with Crippen LogP contribution in [0.25, 0.3) is 0 Å². The third-order valence-electron chi connectivity index (χ3n) is 4.15. The van der Waals surface area contributed by atoms with Crippen LogP contribution < -0.4 is 4.90 Å². The highest BCUT2D eigenvalue weighted by molar-refractivity contribution is 5.79. The zero-order chi connectivity index (χ0) is 18.4. The summed E-state index contributed by atoms with van der Waals surface area (Å²) in [6.45, 7) is 0.560. The third kappa shape index (κ3) is 4.79. The molecule has 0 saturated carbocycles. The normalized spacial score (nSPS) is 10.4. The van der Waals surface area contributed by atoms with E-state index in [4.69, 9.17) is 0 Å². The summed E-state index contributed by atoms with van der Waals surface area (Å²) in [4.78, 5) is 26.7. The lowest BCUT2D eigenvalue weighted by atomic mass is 10.1. The van der Waals surface area contributed by atoms with E-state index in [9.17, 15) is 14.9 Å². The highest BCUT2D eigenvalue weighted by Gasteiger charge is 2.18. The van der Waals surface area contributed by atoms with Gasteiger partial charge in [-0.05, 0) is 18.1 Å². The highest BCUT2D eigenvalue weighted by atomic mass is 16.6. The average molecular weight is 341 g/mol. The van der Waals surface area contributed by atoms with Crippen molar-refractivity contribution in [2.75, 3.05) is 32.6 Å². The van der Waals surface area contributed by atoms with Crippen LogP contribution in [0.3, 0.4) is 0 Å². The molecule has 0 aromatic heterocycles. The summed E-state index contributed by atoms with van der Waals surface area (Å²) in [6.07, 6.45) is 0.760. The van der Waals surface area contributed by atoms with E-state index in [1.165, 1.54) is 6.07 Å². The van der Waals surface area contributed by atoms with Crippen LogP contribution in [0.4, 0.5) is 11.4 Å². The molecule has 6 heteroatoms. The van der Waals surface area contributed by atoms with E-state index in [0.29, 0.717) is 12.1 Å². The van der Waals surface area contributed by atoms with Gasteiger partial charge in [0.2, 0.25) is 5.91 Å². The van der Waals surface area contributed by atoms with Gasteiger partial charge in [0, 0.05) is 45.0 Å². The van der Waals surface area contributed by atoms with Crippen molar-refractivity contribution >= 4 is 17.3 Å². The maximum absolute atomic E-state index is 12.4. The first kappa shape index (κ1) is 18.4. The molecule has 0 saturated heterocycles. The number of carbonyl (C=O) groups excluding carboxylic acids is 1. The molecule has 0 spiro atoms. The van der Waals surface area contributed by atoms with Crippen LogP contribution in [-0.2, 0) is 17.6 Å². The summed E-state index contributed by atoms with van der Waals surface area (Å²) in [5.74, 6) is -0.128. The second kappa shape index (κ2) is 8.28. The minimum absolute atomic E-state index is 0.0118. The van der Waals surface area contributed by atoms with Crippen LogP contribution in [0, 0.1) is 10.1 Å². The van der Waals surface area contributed by atoms with Crippen molar-refractivity contribution in [1.29, 1.82) is 0 Å². The Morgan fingerprint density at radius 1 is 1.00 bits per heavy atom.